The molecule has 6 nitrogen and oxygen atoms in total. The quantitative estimate of drug-likeness (QED) is 0.848. The number of nitrogens with one attached hydrogen (secondary N) is 1. The molecule has 154 valence electrons. The Morgan fingerprint density at radius 1 is 1.17 bits per heavy atom. The highest BCUT2D eigenvalue weighted by molar-refractivity contribution is 6.06. The maximum Gasteiger partial charge on any atom is 0.254 e. The molecule has 6 heteroatoms. The van der Waals surface area contributed by atoms with Gasteiger partial charge in [0, 0.05) is 31.1 Å². The predicted octanol–water partition coefficient (Wildman–Crippen LogP) is 3.45. The van der Waals surface area contributed by atoms with Crippen LogP contribution in [0.1, 0.15) is 56.8 Å². The minimum Gasteiger partial charge on any atom is -0.336 e. The van der Waals surface area contributed by atoms with Crippen LogP contribution in [0.4, 0.5) is 0 Å². The smallest absolute Gasteiger partial charge is 0.254 e. The van der Waals surface area contributed by atoms with Gasteiger partial charge >= 0.3 is 0 Å². The highest BCUT2D eigenvalue weighted by Crippen LogP contribution is 2.66. The van der Waals surface area contributed by atoms with Gasteiger partial charge in [-0.15, -0.1) is 0 Å². The van der Waals surface area contributed by atoms with Gasteiger partial charge in [0.25, 0.3) is 5.91 Å². The Morgan fingerprint density at radius 2 is 1.93 bits per heavy atom. The van der Waals surface area contributed by atoms with Crippen LogP contribution in [-0.4, -0.2) is 57.5 Å². The molecule has 2 aromatic rings. The first-order valence-corrected chi connectivity index (χ1v) is 10.9. The molecule has 29 heavy (non-hydrogen) atoms. The van der Waals surface area contributed by atoms with Gasteiger partial charge in [0.1, 0.15) is 0 Å². The Kier molecular flexibility index (Phi) is 4.06. The maximum atomic E-state index is 13.7. The molecule has 2 saturated carbocycles. The maximum absolute atomic E-state index is 13.7. The molecule has 0 radical (unpaired) electrons. The van der Waals surface area contributed by atoms with Gasteiger partial charge in [0.2, 0.25) is 5.91 Å². The molecule has 2 amide bonds. The number of carbonyl (C=O) groups excluding carboxylic acids is 2. The number of aromatic nitrogens is 2. The Balaban J connectivity index is 1.34. The first kappa shape index (κ1) is 18.6. The van der Waals surface area contributed by atoms with Crippen molar-refractivity contribution in [3.05, 3.63) is 30.0 Å². The molecule has 1 aromatic carbocycles. The van der Waals surface area contributed by atoms with Crippen molar-refractivity contribution in [2.75, 3.05) is 19.6 Å². The number of H-pyrrole nitrogens is 1. The highest BCUT2D eigenvalue weighted by Gasteiger charge is 2.63. The van der Waals surface area contributed by atoms with Crippen molar-refractivity contribution in [2.24, 2.45) is 16.7 Å². The number of piperazine rings is 1. The first-order chi connectivity index (χ1) is 13.8. The van der Waals surface area contributed by atoms with Crippen molar-refractivity contribution in [2.45, 2.75) is 52.5 Å². The number of fused-ring (bicyclic) bond motifs is 3. The zero-order valence-corrected chi connectivity index (χ0v) is 17.6. The van der Waals surface area contributed by atoms with Gasteiger partial charge in [-0.2, -0.15) is 5.10 Å². The molecule has 2 heterocycles. The summed E-state index contributed by atoms with van der Waals surface area (Å²) in [6.45, 7) is 8.47. The average Bonchev–Trinajstić information content (AvgIpc) is 3.37. The van der Waals surface area contributed by atoms with Gasteiger partial charge in [-0.3, -0.25) is 14.7 Å². The van der Waals surface area contributed by atoms with Crippen LogP contribution in [0.2, 0.25) is 0 Å². The molecule has 5 rings (SSSR count). The average molecular weight is 395 g/mol. The number of hydrogen-bond acceptors (Lipinski definition) is 3. The van der Waals surface area contributed by atoms with Gasteiger partial charge in [-0.25, -0.2) is 0 Å². The molecule has 1 saturated heterocycles. The molecule has 3 aliphatic rings. The van der Waals surface area contributed by atoms with Crippen molar-refractivity contribution >= 4 is 22.7 Å². The molecular weight excluding hydrogens is 364 g/mol. The topological polar surface area (TPSA) is 69.3 Å². The van der Waals surface area contributed by atoms with Crippen LogP contribution in [0.25, 0.3) is 10.9 Å². The Hall–Kier alpha value is -2.37. The monoisotopic (exact) mass is 394 g/mol. The lowest BCUT2D eigenvalue weighted by Crippen LogP contribution is -2.59. The second-order valence-corrected chi connectivity index (χ2v) is 9.81. The van der Waals surface area contributed by atoms with Gasteiger partial charge in [-0.1, -0.05) is 19.9 Å². The van der Waals surface area contributed by atoms with E-state index in [0.29, 0.717) is 37.0 Å². The van der Waals surface area contributed by atoms with E-state index in [1.54, 1.807) is 6.20 Å². The molecule has 2 aliphatic carbocycles. The third-order valence-corrected chi connectivity index (χ3v) is 8.39. The molecule has 3 fully saturated rings. The number of benzene rings is 1. The summed E-state index contributed by atoms with van der Waals surface area (Å²) in [4.78, 5) is 30.9. The fraction of sp³-hybridized carbons (Fsp3) is 0.609. The van der Waals surface area contributed by atoms with Gasteiger partial charge in [0.15, 0.2) is 0 Å². The summed E-state index contributed by atoms with van der Waals surface area (Å²) in [6.07, 6.45) is 6.12. The predicted molar refractivity (Wildman–Crippen MR) is 111 cm³/mol. The Labute approximate surface area is 171 Å². The van der Waals surface area contributed by atoms with Crippen LogP contribution in [-0.2, 0) is 4.79 Å². The molecule has 1 aliphatic heterocycles. The van der Waals surface area contributed by atoms with E-state index in [0.717, 1.165) is 23.7 Å². The van der Waals surface area contributed by atoms with E-state index in [9.17, 15) is 9.59 Å². The molecule has 1 aromatic heterocycles. The van der Waals surface area contributed by atoms with Crippen molar-refractivity contribution in [3.8, 4) is 0 Å². The van der Waals surface area contributed by atoms with Crippen molar-refractivity contribution < 1.29 is 9.59 Å². The fourth-order valence-electron chi connectivity index (χ4n) is 6.40. The number of aromatic amines is 1. The lowest BCUT2D eigenvalue weighted by Gasteiger charge is -2.46. The van der Waals surface area contributed by atoms with Crippen molar-refractivity contribution in [1.29, 1.82) is 0 Å². The lowest BCUT2D eigenvalue weighted by molar-refractivity contribution is -0.151. The molecule has 1 atom stereocenters. The van der Waals surface area contributed by atoms with Gasteiger partial charge in [0.05, 0.1) is 22.7 Å². The number of carbonyl (C=O) groups is 2. The van der Waals surface area contributed by atoms with Crippen LogP contribution < -0.4 is 0 Å². The summed E-state index contributed by atoms with van der Waals surface area (Å²) < 4.78 is 0. The minimum atomic E-state index is -0.194. The van der Waals surface area contributed by atoms with Crippen LogP contribution in [0.3, 0.4) is 0 Å². The summed E-state index contributed by atoms with van der Waals surface area (Å²) >= 11 is 0. The SMILES string of the molecule is C[C@H]1CN(C(=O)c2cccc3[nH]ncc23)CCN1C(=O)C12CCC(CC1)C2(C)C. The molecule has 1 N–H and O–H groups in total. The van der Waals surface area contributed by atoms with Gasteiger partial charge < -0.3 is 9.80 Å². The molecule has 0 unspecified atom stereocenters. The first-order valence-electron chi connectivity index (χ1n) is 10.9. The van der Waals surface area contributed by atoms with E-state index in [2.05, 4.69) is 35.9 Å². The number of hydrogen-bond donors (Lipinski definition) is 1. The largest absolute Gasteiger partial charge is 0.336 e. The summed E-state index contributed by atoms with van der Waals surface area (Å²) in [6, 6.07) is 5.71. The van der Waals surface area contributed by atoms with Crippen LogP contribution >= 0.6 is 0 Å². The van der Waals surface area contributed by atoms with E-state index in [4.69, 9.17) is 0 Å². The second kappa shape index (κ2) is 6.31. The third kappa shape index (κ3) is 2.50. The van der Waals surface area contributed by atoms with Crippen LogP contribution in [0.5, 0.6) is 0 Å². The van der Waals surface area contributed by atoms with E-state index in [1.165, 1.54) is 12.8 Å². The Morgan fingerprint density at radius 3 is 2.59 bits per heavy atom. The lowest BCUT2D eigenvalue weighted by atomic mass is 9.68. The fourth-order valence-corrected chi connectivity index (χ4v) is 6.40. The number of amides is 2. The summed E-state index contributed by atoms with van der Waals surface area (Å²) in [5, 5.41) is 7.85. The summed E-state index contributed by atoms with van der Waals surface area (Å²) in [5.41, 5.74) is 1.45. The number of rotatable bonds is 2. The Bertz CT molecular complexity index is 970. The van der Waals surface area contributed by atoms with E-state index in [-0.39, 0.29) is 22.8 Å². The van der Waals surface area contributed by atoms with Gasteiger partial charge in [-0.05, 0) is 56.1 Å². The zero-order valence-electron chi connectivity index (χ0n) is 17.6. The minimum absolute atomic E-state index is 0.0243. The zero-order chi connectivity index (χ0) is 20.4. The van der Waals surface area contributed by atoms with Crippen molar-refractivity contribution in [3.63, 3.8) is 0 Å². The summed E-state index contributed by atoms with van der Waals surface area (Å²) in [7, 11) is 0. The standard InChI is InChI=1S/C23H30N4O2/c1-15-14-26(20(28)17-5-4-6-19-18(17)13-24-25-19)11-12-27(15)21(29)23-9-7-16(8-10-23)22(23,2)3/h4-6,13,15-16H,7-12,14H2,1-3H3,(H,24,25)/t15-,16?,23?/m0/s1. The second-order valence-electron chi connectivity index (χ2n) is 9.81. The van der Waals surface area contributed by atoms with E-state index >= 15 is 0 Å². The summed E-state index contributed by atoms with van der Waals surface area (Å²) in [5.74, 6) is 1.04. The molecule has 2 bridgehead atoms. The molecular formula is C23H30N4O2. The van der Waals surface area contributed by atoms with Crippen molar-refractivity contribution in [1.82, 2.24) is 20.0 Å². The third-order valence-electron chi connectivity index (χ3n) is 8.39. The molecule has 0 spiro atoms. The normalized spacial score (nSPS) is 30.9. The van der Waals surface area contributed by atoms with E-state index < -0.39 is 0 Å². The number of nitrogens with zero attached hydrogens (tertiary/aromatic N) is 3. The highest BCUT2D eigenvalue weighted by atomic mass is 16.2. The van der Waals surface area contributed by atoms with E-state index in [1.807, 2.05) is 23.1 Å². The van der Waals surface area contributed by atoms with Crippen LogP contribution in [0, 0.1) is 16.7 Å². The van der Waals surface area contributed by atoms with Crippen LogP contribution in [0.15, 0.2) is 24.4 Å².